The summed E-state index contributed by atoms with van der Waals surface area (Å²) in [6.45, 7) is 6.43. The van der Waals surface area contributed by atoms with Crippen molar-refractivity contribution in [1.82, 2.24) is 10.2 Å². The molecule has 0 unspecified atom stereocenters. The molecule has 1 aliphatic heterocycles. The summed E-state index contributed by atoms with van der Waals surface area (Å²) in [5.41, 5.74) is 2.47. The van der Waals surface area contributed by atoms with E-state index in [2.05, 4.69) is 17.1 Å². The number of hydrogen-bond acceptors (Lipinski definition) is 2. The highest BCUT2D eigenvalue weighted by atomic mass is 35.5. The first-order valence-corrected chi connectivity index (χ1v) is 8.46. The molecule has 1 N–H and O–H groups in total. The van der Waals surface area contributed by atoms with E-state index in [0.29, 0.717) is 6.04 Å². The Bertz CT molecular complexity index is 450. The Labute approximate surface area is 139 Å². The van der Waals surface area contributed by atoms with Gasteiger partial charge in [0, 0.05) is 32.2 Å². The Morgan fingerprint density at radius 1 is 1.14 bits per heavy atom. The van der Waals surface area contributed by atoms with Crippen LogP contribution in [0.4, 0.5) is 4.39 Å². The minimum absolute atomic E-state index is 0. The van der Waals surface area contributed by atoms with Crippen molar-refractivity contribution in [2.75, 3.05) is 26.2 Å². The third-order valence-electron chi connectivity index (χ3n) is 5.19. The lowest BCUT2D eigenvalue weighted by molar-refractivity contribution is 0.103. The molecule has 0 spiro atoms. The Hall–Kier alpha value is -0.640. The van der Waals surface area contributed by atoms with Gasteiger partial charge in [0.05, 0.1) is 0 Å². The molecule has 1 aromatic rings. The van der Waals surface area contributed by atoms with Gasteiger partial charge in [-0.25, -0.2) is 4.39 Å². The lowest BCUT2D eigenvalue weighted by Crippen LogP contribution is -2.47. The molecule has 1 saturated carbocycles. The fraction of sp³-hybridized carbons (Fsp3) is 0.667. The molecule has 0 aromatic heterocycles. The van der Waals surface area contributed by atoms with Gasteiger partial charge in [0.15, 0.2) is 0 Å². The zero-order valence-electron chi connectivity index (χ0n) is 13.5. The Morgan fingerprint density at radius 3 is 2.45 bits per heavy atom. The lowest BCUT2D eigenvalue weighted by Gasteiger charge is -2.41. The quantitative estimate of drug-likeness (QED) is 0.900. The number of benzene rings is 1. The normalized spacial score (nSPS) is 22.1. The van der Waals surface area contributed by atoms with E-state index < -0.39 is 0 Å². The van der Waals surface area contributed by atoms with E-state index in [1.165, 1.54) is 37.7 Å². The van der Waals surface area contributed by atoms with Crippen molar-refractivity contribution in [3.63, 3.8) is 0 Å². The number of halogens is 2. The minimum atomic E-state index is -0.112. The molecule has 2 nitrogen and oxygen atoms in total. The maximum atomic E-state index is 13.5. The Balaban J connectivity index is 0.00000176. The summed E-state index contributed by atoms with van der Waals surface area (Å²) in [6, 6.07) is 5.85. The molecule has 124 valence electrons. The molecule has 1 aliphatic carbocycles. The second-order valence-electron chi connectivity index (χ2n) is 6.63. The van der Waals surface area contributed by atoms with Gasteiger partial charge in [-0.05, 0) is 48.9 Å². The molecule has 2 fully saturated rings. The van der Waals surface area contributed by atoms with Crippen molar-refractivity contribution in [1.29, 1.82) is 0 Å². The molecule has 0 bridgehead atoms. The van der Waals surface area contributed by atoms with E-state index in [1.807, 2.05) is 6.07 Å². The summed E-state index contributed by atoms with van der Waals surface area (Å²) in [4.78, 5) is 2.63. The van der Waals surface area contributed by atoms with E-state index in [4.69, 9.17) is 0 Å². The predicted molar refractivity (Wildman–Crippen MR) is 92.1 cm³/mol. The average Bonchev–Trinajstić information content (AvgIpc) is 2.52. The topological polar surface area (TPSA) is 15.3 Å². The SMILES string of the molecule is Cc1cc(F)ccc1[C@@H](C1CCCCC1)N1CCNCC1.Cl. The van der Waals surface area contributed by atoms with Crippen LogP contribution >= 0.6 is 12.4 Å². The van der Waals surface area contributed by atoms with Crippen LogP contribution in [-0.2, 0) is 0 Å². The van der Waals surface area contributed by atoms with Crippen LogP contribution in [0.2, 0.25) is 0 Å². The number of nitrogens with one attached hydrogen (secondary N) is 1. The molecule has 1 heterocycles. The number of piperazine rings is 1. The van der Waals surface area contributed by atoms with Crippen LogP contribution < -0.4 is 5.32 Å². The Kier molecular flexibility index (Phi) is 6.66. The lowest BCUT2D eigenvalue weighted by atomic mass is 9.79. The highest BCUT2D eigenvalue weighted by molar-refractivity contribution is 5.85. The van der Waals surface area contributed by atoms with Crippen LogP contribution in [0.5, 0.6) is 0 Å². The van der Waals surface area contributed by atoms with Crippen LogP contribution in [-0.4, -0.2) is 31.1 Å². The summed E-state index contributed by atoms with van der Waals surface area (Å²) in [7, 11) is 0. The molecule has 22 heavy (non-hydrogen) atoms. The van der Waals surface area contributed by atoms with Crippen LogP contribution in [0.1, 0.15) is 49.3 Å². The van der Waals surface area contributed by atoms with Crippen LogP contribution in [0.15, 0.2) is 18.2 Å². The largest absolute Gasteiger partial charge is 0.314 e. The minimum Gasteiger partial charge on any atom is -0.314 e. The van der Waals surface area contributed by atoms with E-state index in [1.54, 1.807) is 12.1 Å². The van der Waals surface area contributed by atoms with Crippen LogP contribution in [0, 0.1) is 18.7 Å². The summed E-state index contributed by atoms with van der Waals surface area (Å²) in [5, 5.41) is 3.45. The zero-order chi connectivity index (χ0) is 14.7. The second kappa shape index (κ2) is 8.28. The summed E-state index contributed by atoms with van der Waals surface area (Å²) < 4.78 is 13.5. The first kappa shape index (κ1) is 17.7. The number of rotatable bonds is 3. The van der Waals surface area contributed by atoms with Crippen LogP contribution in [0.3, 0.4) is 0 Å². The second-order valence-corrected chi connectivity index (χ2v) is 6.63. The smallest absolute Gasteiger partial charge is 0.123 e. The molecule has 4 heteroatoms. The van der Waals surface area contributed by atoms with E-state index in [9.17, 15) is 4.39 Å². The highest BCUT2D eigenvalue weighted by Gasteiger charge is 2.31. The monoisotopic (exact) mass is 326 g/mol. The first-order chi connectivity index (χ1) is 10.3. The summed E-state index contributed by atoms with van der Waals surface area (Å²) in [5.74, 6) is 0.625. The maximum absolute atomic E-state index is 13.5. The first-order valence-electron chi connectivity index (χ1n) is 8.46. The summed E-state index contributed by atoms with van der Waals surface area (Å²) >= 11 is 0. The van der Waals surface area contributed by atoms with Gasteiger partial charge in [-0.1, -0.05) is 25.3 Å². The number of nitrogens with zero attached hydrogens (tertiary/aromatic N) is 1. The van der Waals surface area contributed by atoms with Crippen molar-refractivity contribution >= 4 is 12.4 Å². The van der Waals surface area contributed by atoms with Gasteiger partial charge in [-0.3, -0.25) is 4.90 Å². The Morgan fingerprint density at radius 2 is 1.82 bits per heavy atom. The molecule has 0 radical (unpaired) electrons. The van der Waals surface area contributed by atoms with E-state index in [0.717, 1.165) is 37.7 Å². The van der Waals surface area contributed by atoms with Gasteiger partial charge in [0.1, 0.15) is 5.82 Å². The number of hydrogen-bond donors (Lipinski definition) is 1. The average molecular weight is 327 g/mol. The van der Waals surface area contributed by atoms with Crippen molar-refractivity contribution < 1.29 is 4.39 Å². The third-order valence-corrected chi connectivity index (χ3v) is 5.19. The molecule has 1 atom stereocenters. The highest BCUT2D eigenvalue weighted by Crippen LogP contribution is 2.39. The summed E-state index contributed by atoms with van der Waals surface area (Å²) in [6.07, 6.45) is 6.74. The van der Waals surface area contributed by atoms with Gasteiger partial charge in [0.25, 0.3) is 0 Å². The van der Waals surface area contributed by atoms with Gasteiger partial charge in [-0.15, -0.1) is 12.4 Å². The van der Waals surface area contributed by atoms with E-state index in [-0.39, 0.29) is 18.2 Å². The van der Waals surface area contributed by atoms with Gasteiger partial charge < -0.3 is 5.32 Å². The molecule has 3 rings (SSSR count). The molecule has 0 amide bonds. The fourth-order valence-electron chi connectivity index (χ4n) is 4.13. The van der Waals surface area contributed by atoms with Crippen molar-refractivity contribution in [2.24, 2.45) is 5.92 Å². The standard InChI is InChI=1S/C18H27FN2.ClH/c1-14-13-16(19)7-8-17(14)18(15-5-3-2-4-6-15)21-11-9-20-10-12-21;/h7-8,13,15,18,20H,2-6,9-12H2,1H3;1H/t18-;/m1./s1. The molecule has 1 saturated heterocycles. The van der Waals surface area contributed by atoms with Crippen molar-refractivity contribution in [2.45, 2.75) is 45.1 Å². The van der Waals surface area contributed by atoms with Crippen molar-refractivity contribution in [3.8, 4) is 0 Å². The predicted octanol–water partition coefficient (Wildman–Crippen LogP) is 4.08. The van der Waals surface area contributed by atoms with Gasteiger partial charge >= 0.3 is 0 Å². The molecule has 1 aromatic carbocycles. The molecular weight excluding hydrogens is 299 g/mol. The van der Waals surface area contributed by atoms with E-state index >= 15 is 0 Å². The molecule has 2 aliphatic rings. The number of aryl methyl sites for hydroxylation is 1. The third kappa shape index (κ3) is 4.01. The zero-order valence-corrected chi connectivity index (χ0v) is 14.3. The maximum Gasteiger partial charge on any atom is 0.123 e. The van der Waals surface area contributed by atoms with Crippen LogP contribution in [0.25, 0.3) is 0 Å². The van der Waals surface area contributed by atoms with Gasteiger partial charge in [-0.2, -0.15) is 0 Å². The van der Waals surface area contributed by atoms with Gasteiger partial charge in [0.2, 0.25) is 0 Å². The van der Waals surface area contributed by atoms with Crippen molar-refractivity contribution in [3.05, 3.63) is 35.1 Å². The fourth-order valence-corrected chi connectivity index (χ4v) is 4.13. The molecular formula is C18H28ClFN2.